The van der Waals surface area contributed by atoms with Crippen molar-refractivity contribution in [2.24, 2.45) is 0 Å². The van der Waals surface area contributed by atoms with E-state index in [9.17, 15) is 4.79 Å². The molecule has 1 amide bonds. The van der Waals surface area contributed by atoms with E-state index in [4.69, 9.17) is 16.3 Å². The molecule has 1 aromatic carbocycles. The number of benzene rings is 1. The van der Waals surface area contributed by atoms with Gasteiger partial charge in [0, 0.05) is 29.3 Å². The fourth-order valence-corrected chi connectivity index (χ4v) is 3.00. The predicted octanol–water partition coefficient (Wildman–Crippen LogP) is 5.30. The quantitative estimate of drug-likeness (QED) is 0.728. The first-order valence-electron chi connectivity index (χ1n) is 7.94. The number of amides is 1. The second kappa shape index (κ2) is 7.75. The third-order valence-corrected chi connectivity index (χ3v) is 4.90. The topological polar surface area (TPSA) is 41.6 Å². The Bertz CT molecular complexity index is 560. The van der Waals surface area contributed by atoms with Crippen molar-refractivity contribution in [3.05, 3.63) is 27.7 Å². The molecule has 1 saturated heterocycles. The number of anilines is 1. The van der Waals surface area contributed by atoms with Crippen LogP contribution in [0.4, 0.5) is 10.5 Å². The van der Waals surface area contributed by atoms with E-state index in [1.165, 1.54) is 0 Å². The van der Waals surface area contributed by atoms with Gasteiger partial charge in [0.1, 0.15) is 5.60 Å². The van der Waals surface area contributed by atoms with Gasteiger partial charge in [-0.2, -0.15) is 0 Å². The molecule has 1 atom stereocenters. The highest BCUT2D eigenvalue weighted by atomic mass is 79.9. The number of hydrogen-bond donors (Lipinski definition) is 1. The number of hydrogen-bond acceptors (Lipinski definition) is 3. The summed E-state index contributed by atoms with van der Waals surface area (Å²) in [6.07, 6.45) is 2.66. The normalized spacial score (nSPS) is 19.2. The molecular formula is C17H24BrClN2O2. The average Bonchev–Trinajstić information content (AvgIpc) is 2.67. The number of carbonyl (C=O) groups is 1. The van der Waals surface area contributed by atoms with Crippen LogP contribution in [-0.2, 0) is 4.74 Å². The third-order valence-electron chi connectivity index (χ3n) is 3.67. The molecule has 1 aliphatic rings. The Morgan fingerprint density at radius 2 is 2.09 bits per heavy atom. The molecule has 6 heteroatoms. The Labute approximate surface area is 151 Å². The maximum atomic E-state index is 12.2. The highest BCUT2D eigenvalue weighted by Crippen LogP contribution is 2.27. The SMILES string of the molecule is CC(C)(C)OC(=O)N1CCCC(Nc2ccc(Br)c(Cl)c2)CC1. The lowest BCUT2D eigenvalue weighted by Crippen LogP contribution is -2.37. The number of carbonyl (C=O) groups excluding carboxylic acids is 1. The average molecular weight is 404 g/mol. The second-order valence-electron chi connectivity index (χ2n) is 6.87. The first kappa shape index (κ1) is 18.4. The van der Waals surface area contributed by atoms with Crippen LogP contribution < -0.4 is 5.32 Å². The van der Waals surface area contributed by atoms with E-state index in [0.29, 0.717) is 17.6 Å². The van der Waals surface area contributed by atoms with E-state index in [0.717, 1.165) is 36.0 Å². The number of nitrogens with one attached hydrogen (secondary N) is 1. The molecular weight excluding hydrogens is 380 g/mol. The summed E-state index contributed by atoms with van der Waals surface area (Å²) >= 11 is 9.53. The molecule has 128 valence electrons. The summed E-state index contributed by atoms with van der Waals surface area (Å²) in [5.41, 5.74) is 0.559. The largest absolute Gasteiger partial charge is 0.444 e. The van der Waals surface area contributed by atoms with E-state index < -0.39 is 5.60 Å². The fraction of sp³-hybridized carbons (Fsp3) is 0.588. The summed E-state index contributed by atoms with van der Waals surface area (Å²) < 4.78 is 6.35. The molecule has 1 fully saturated rings. The van der Waals surface area contributed by atoms with Gasteiger partial charge in [0.2, 0.25) is 0 Å². The Balaban J connectivity index is 1.90. The Hall–Kier alpha value is -0.940. The van der Waals surface area contributed by atoms with Gasteiger partial charge in [-0.25, -0.2) is 4.79 Å². The van der Waals surface area contributed by atoms with Crippen molar-refractivity contribution in [2.45, 2.75) is 51.7 Å². The Morgan fingerprint density at radius 1 is 1.35 bits per heavy atom. The zero-order chi connectivity index (χ0) is 17.0. The summed E-state index contributed by atoms with van der Waals surface area (Å²) in [6.45, 7) is 7.13. The summed E-state index contributed by atoms with van der Waals surface area (Å²) in [6, 6.07) is 6.20. The third kappa shape index (κ3) is 5.88. The zero-order valence-electron chi connectivity index (χ0n) is 13.9. The molecule has 0 bridgehead atoms. The van der Waals surface area contributed by atoms with Crippen LogP contribution in [0, 0.1) is 0 Å². The Morgan fingerprint density at radius 3 is 2.74 bits per heavy atom. The molecule has 1 N–H and O–H groups in total. The molecule has 1 aliphatic heterocycles. The van der Waals surface area contributed by atoms with Crippen LogP contribution in [0.2, 0.25) is 5.02 Å². The zero-order valence-corrected chi connectivity index (χ0v) is 16.2. The molecule has 0 radical (unpaired) electrons. The minimum atomic E-state index is -0.449. The van der Waals surface area contributed by atoms with E-state index >= 15 is 0 Å². The molecule has 0 aromatic heterocycles. The van der Waals surface area contributed by atoms with Gasteiger partial charge in [-0.15, -0.1) is 0 Å². The smallest absolute Gasteiger partial charge is 0.410 e. The monoisotopic (exact) mass is 402 g/mol. The van der Waals surface area contributed by atoms with Crippen LogP contribution in [-0.4, -0.2) is 35.7 Å². The van der Waals surface area contributed by atoms with Crippen molar-refractivity contribution in [3.63, 3.8) is 0 Å². The van der Waals surface area contributed by atoms with Crippen LogP contribution >= 0.6 is 27.5 Å². The van der Waals surface area contributed by atoms with E-state index in [-0.39, 0.29) is 6.09 Å². The highest BCUT2D eigenvalue weighted by molar-refractivity contribution is 9.10. The minimum Gasteiger partial charge on any atom is -0.444 e. The summed E-state index contributed by atoms with van der Waals surface area (Å²) in [4.78, 5) is 14.0. The maximum Gasteiger partial charge on any atom is 0.410 e. The van der Waals surface area contributed by atoms with Gasteiger partial charge in [-0.3, -0.25) is 0 Å². The Kier molecular flexibility index (Phi) is 6.20. The minimum absolute atomic E-state index is 0.218. The van der Waals surface area contributed by atoms with Crippen LogP contribution in [0.1, 0.15) is 40.0 Å². The van der Waals surface area contributed by atoms with Crippen molar-refractivity contribution < 1.29 is 9.53 Å². The predicted molar refractivity (Wildman–Crippen MR) is 98.2 cm³/mol. The molecule has 0 spiro atoms. The number of ether oxygens (including phenoxy) is 1. The van der Waals surface area contributed by atoms with Gasteiger partial charge in [-0.05, 0) is 74.2 Å². The van der Waals surface area contributed by atoms with Crippen molar-refractivity contribution in [1.29, 1.82) is 0 Å². The van der Waals surface area contributed by atoms with Crippen molar-refractivity contribution in [2.75, 3.05) is 18.4 Å². The second-order valence-corrected chi connectivity index (χ2v) is 8.13. The number of halogens is 2. The van der Waals surface area contributed by atoms with E-state index in [2.05, 4.69) is 21.2 Å². The molecule has 1 heterocycles. The van der Waals surface area contributed by atoms with Crippen molar-refractivity contribution >= 4 is 39.3 Å². The molecule has 0 saturated carbocycles. The van der Waals surface area contributed by atoms with Gasteiger partial charge in [0.15, 0.2) is 0 Å². The lowest BCUT2D eigenvalue weighted by Gasteiger charge is -2.26. The number of nitrogens with zero attached hydrogens (tertiary/aromatic N) is 1. The fourth-order valence-electron chi connectivity index (χ4n) is 2.57. The van der Waals surface area contributed by atoms with Crippen molar-refractivity contribution in [3.8, 4) is 0 Å². The van der Waals surface area contributed by atoms with Gasteiger partial charge < -0.3 is 15.0 Å². The van der Waals surface area contributed by atoms with Crippen LogP contribution in [0.5, 0.6) is 0 Å². The highest BCUT2D eigenvalue weighted by Gasteiger charge is 2.25. The molecule has 0 aliphatic carbocycles. The summed E-state index contributed by atoms with van der Waals surface area (Å²) in [7, 11) is 0. The lowest BCUT2D eigenvalue weighted by atomic mass is 10.1. The first-order chi connectivity index (χ1) is 10.7. The van der Waals surface area contributed by atoms with Crippen LogP contribution in [0.25, 0.3) is 0 Å². The molecule has 1 unspecified atom stereocenters. The number of rotatable bonds is 2. The molecule has 1 aromatic rings. The standard InChI is InChI=1S/C17H24BrClN2O2/c1-17(2,3)23-16(22)21-9-4-5-12(8-10-21)20-13-6-7-14(18)15(19)11-13/h6-7,11-12,20H,4-5,8-10H2,1-3H3. The molecule has 4 nitrogen and oxygen atoms in total. The van der Waals surface area contributed by atoms with Crippen LogP contribution in [0.15, 0.2) is 22.7 Å². The van der Waals surface area contributed by atoms with Gasteiger partial charge >= 0.3 is 6.09 Å². The van der Waals surface area contributed by atoms with E-state index in [1.54, 1.807) is 0 Å². The van der Waals surface area contributed by atoms with Gasteiger partial charge in [-0.1, -0.05) is 11.6 Å². The summed E-state index contributed by atoms with van der Waals surface area (Å²) in [5, 5.41) is 4.21. The lowest BCUT2D eigenvalue weighted by molar-refractivity contribution is 0.0256. The van der Waals surface area contributed by atoms with Gasteiger partial charge in [0.25, 0.3) is 0 Å². The maximum absolute atomic E-state index is 12.2. The first-order valence-corrected chi connectivity index (χ1v) is 9.11. The van der Waals surface area contributed by atoms with Gasteiger partial charge in [0.05, 0.1) is 5.02 Å². The molecule has 23 heavy (non-hydrogen) atoms. The molecule has 2 rings (SSSR count). The summed E-state index contributed by atoms with van der Waals surface area (Å²) in [5.74, 6) is 0. The number of likely N-dealkylation sites (tertiary alicyclic amines) is 1. The van der Waals surface area contributed by atoms with Crippen LogP contribution in [0.3, 0.4) is 0 Å². The van der Waals surface area contributed by atoms with Crippen molar-refractivity contribution in [1.82, 2.24) is 4.90 Å². The van der Waals surface area contributed by atoms with E-state index in [1.807, 2.05) is 43.9 Å².